The van der Waals surface area contributed by atoms with Gasteiger partial charge in [0.2, 0.25) is 0 Å². The Morgan fingerprint density at radius 2 is 2.45 bits per heavy atom. The van der Waals surface area contributed by atoms with Crippen molar-refractivity contribution >= 4 is 46.1 Å². The van der Waals surface area contributed by atoms with Gasteiger partial charge in [-0.15, -0.1) is 0 Å². The molecular formula is C7H6BrIO2. The average Bonchev–Trinajstić information content (AvgIpc) is 2.03. The van der Waals surface area contributed by atoms with Crippen LogP contribution in [0.4, 0.5) is 0 Å². The maximum absolute atomic E-state index is 11.0. The molecule has 0 radical (unpaired) electrons. The van der Waals surface area contributed by atoms with Crippen LogP contribution in [-0.4, -0.2) is 16.6 Å². The number of carbonyl (C=O) groups is 1. The van der Waals surface area contributed by atoms with Gasteiger partial charge in [0, 0.05) is 4.48 Å². The Balaban J connectivity index is 2.84. The largest absolute Gasteiger partial charge is 0.465 e. The Labute approximate surface area is 83.2 Å². The molecule has 60 valence electrons. The van der Waals surface area contributed by atoms with Crippen molar-refractivity contribution < 1.29 is 9.53 Å². The molecule has 0 fully saturated rings. The number of hydrogen-bond donors (Lipinski definition) is 0. The molecule has 0 bridgehead atoms. The summed E-state index contributed by atoms with van der Waals surface area (Å²) < 4.78 is 8.34. The van der Waals surface area contributed by atoms with E-state index in [1.807, 2.05) is 16.2 Å². The number of hydrogen-bond acceptors (Lipinski definition) is 2. The molecule has 1 aliphatic heterocycles. The van der Waals surface area contributed by atoms with Crippen molar-refractivity contribution in [3.05, 3.63) is 20.7 Å². The monoisotopic (exact) mass is 328 g/mol. The van der Waals surface area contributed by atoms with Crippen LogP contribution in [0, 0.1) is 0 Å². The minimum Gasteiger partial charge on any atom is -0.465 e. The first-order valence-corrected chi connectivity index (χ1v) is 5.98. The third-order valence-electron chi connectivity index (χ3n) is 1.05. The normalized spacial score (nSPS) is 16.2. The van der Waals surface area contributed by atoms with E-state index < -0.39 is 0 Å². The molecule has 4 heteroatoms. The molecule has 0 spiro atoms. The van der Waals surface area contributed by atoms with Gasteiger partial charge < -0.3 is 4.74 Å². The molecule has 0 N–H and O–H groups in total. The SMILES string of the molecule is COC(=O)C1=IC=CC(Br)=C1. The van der Waals surface area contributed by atoms with Crippen LogP contribution in [0.1, 0.15) is 0 Å². The second-order valence-electron chi connectivity index (χ2n) is 1.77. The van der Waals surface area contributed by atoms with E-state index in [9.17, 15) is 4.79 Å². The van der Waals surface area contributed by atoms with Gasteiger partial charge in [-0.25, -0.2) is 4.79 Å². The predicted octanol–water partition coefficient (Wildman–Crippen LogP) is 2.11. The number of ether oxygens (including phenoxy) is 1. The highest BCUT2D eigenvalue weighted by molar-refractivity contribution is 14.2. The maximum Gasteiger partial charge on any atom is 0.343 e. The highest BCUT2D eigenvalue weighted by Crippen LogP contribution is 2.19. The van der Waals surface area contributed by atoms with Gasteiger partial charge in [0.25, 0.3) is 0 Å². The van der Waals surface area contributed by atoms with Crippen LogP contribution in [0.5, 0.6) is 0 Å². The molecule has 0 amide bonds. The smallest absolute Gasteiger partial charge is 0.343 e. The second kappa shape index (κ2) is 4.15. The van der Waals surface area contributed by atoms with Gasteiger partial charge in [-0.1, -0.05) is 36.7 Å². The van der Waals surface area contributed by atoms with E-state index in [4.69, 9.17) is 0 Å². The maximum atomic E-state index is 11.0. The van der Waals surface area contributed by atoms with Crippen LogP contribution < -0.4 is 0 Å². The summed E-state index contributed by atoms with van der Waals surface area (Å²) >= 11 is 3.02. The molecule has 0 aromatic carbocycles. The van der Waals surface area contributed by atoms with E-state index in [0.29, 0.717) is 0 Å². The fraction of sp³-hybridized carbons (Fsp3) is 0.143. The minimum atomic E-state index is -0.270. The van der Waals surface area contributed by atoms with Crippen LogP contribution >= 0.6 is 36.7 Å². The Hall–Kier alpha value is 0.0300. The van der Waals surface area contributed by atoms with E-state index in [2.05, 4.69) is 20.7 Å². The molecule has 0 unspecified atom stereocenters. The number of carbonyl (C=O) groups excluding carboxylic acids is 1. The second-order valence-corrected chi connectivity index (χ2v) is 5.19. The van der Waals surface area contributed by atoms with Crippen molar-refractivity contribution in [2.45, 2.75) is 0 Å². The highest BCUT2D eigenvalue weighted by atomic mass is 127. The third kappa shape index (κ3) is 2.52. The predicted molar refractivity (Wildman–Crippen MR) is 57.2 cm³/mol. The molecule has 1 rings (SSSR count). The number of halogens is 2. The Kier molecular flexibility index (Phi) is 3.45. The Morgan fingerprint density at radius 3 is 3.00 bits per heavy atom. The zero-order valence-electron chi connectivity index (χ0n) is 5.80. The van der Waals surface area contributed by atoms with Crippen molar-refractivity contribution in [1.82, 2.24) is 0 Å². The summed E-state index contributed by atoms with van der Waals surface area (Å²) in [4.78, 5) is 11.0. The first-order chi connectivity index (χ1) is 5.24. The highest BCUT2D eigenvalue weighted by Gasteiger charge is 2.08. The van der Waals surface area contributed by atoms with Gasteiger partial charge in [-0.3, -0.25) is 0 Å². The summed E-state index contributed by atoms with van der Waals surface area (Å²) in [7, 11) is 1.40. The number of allylic oxidation sites excluding steroid dienone is 2. The lowest BCUT2D eigenvalue weighted by Crippen LogP contribution is -2.11. The van der Waals surface area contributed by atoms with Crippen molar-refractivity contribution in [1.29, 1.82) is 0 Å². The Morgan fingerprint density at radius 1 is 1.73 bits per heavy atom. The standard InChI is InChI=1S/C7H6BrIO2/c1-11-7(10)6-4-5(8)2-3-9-6/h2-4H,1H3. The number of esters is 1. The van der Waals surface area contributed by atoms with E-state index in [-0.39, 0.29) is 26.7 Å². The van der Waals surface area contributed by atoms with Crippen molar-refractivity contribution in [3.8, 4) is 0 Å². The molecule has 0 saturated heterocycles. The lowest BCUT2D eigenvalue weighted by molar-refractivity contribution is -0.132. The molecule has 11 heavy (non-hydrogen) atoms. The molecular weight excluding hydrogens is 323 g/mol. The van der Waals surface area contributed by atoms with Gasteiger partial charge >= 0.3 is 5.97 Å². The average molecular weight is 329 g/mol. The lowest BCUT2D eigenvalue weighted by Gasteiger charge is -2.01. The van der Waals surface area contributed by atoms with Crippen molar-refractivity contribution in [2.75, 3.05) is 7.11 Å². The van der Waals surface area contributed by atoms with Gasteiger partial charge in [0.15, 0.2) is 0 Å². The molecule has 0 aliphatic carbocycles. The van der Waals surface area contributed by atoms with Gasteiger partial charge in [0.05, 0.1) is 10.6 Å². The summed E-state index contributed by atoms with van der Waals surface area (Å²) in [6.07, 6.45) is 3.78. The zero-order chi connectivity index (χ0) is 8.27. The van der Waals surface area contributed by atoms with Crippen molar-refractivity contribution in [2.24, 2.45) is 0 Å². The topological polar surface area (TPSA) is 26.3 Å². The molecule has 0 atom stereocenters. The molecule has 2 nitrogen and oxygen atoms in total. The van der Waals surface area contributed by atoms with Crippen LogP contribution in [0.2, 0.25) is 0 Å². The van der Waals surface area contributed by atoms with Gasteiger partial charge in [-0.2, -0.15) is 0 Å². The van der Waals surface area contributed by atoms with Crippen LogP contribution in [0.25, 0.3) is 0 Å². The van der Waals surface area contributed by atoms with Crippen LogP contribution in [-0.2, 0) is 9.53 Å². The summed E-state index contributed by atoms with van der Waals surface area (Å²) in [6, 6.07) is 0. The molecule has 0 saturated carbocycles. The molecule has 0 aromatic heterocycles. The molecule has 1 heterocycles. The first kappa shape index (κ1) is 9.12. The minimum absolute atomic E-state index is 0.209. The number of rotatable bonds is 1. The zero-order valence-corrected chi connectivity index (χ0v) is 9.55. The Bertz CT molecular complexity index is 266. The van der Waals surface area contributed by atoms with Crippen molar-refractivity contribution in [3.63, 3.8) is 0 Å². The quantitative estimate of drug-likeness (QED) is 0.544. The van der Waals surface area contributed by atoms with Gasteiger partial charge in [-0.05, 0) is 16.2 Å². The summed E-state index contributed by atoms with van der Waals surface area (Å²) in [5, 5.41) is 0. The summed E-state index contributed by atoms with van der Waals surface area (Å²) in [6.45, 7) is 0. The lowest BCUT2D eigenvalue weighted by atomic mass is 10.4. The van der Waals surface area contributed by atoms with Crippen LogP contribution in [0.3, 0.4) is 0 Å². The third-order valence-corrected chi connectivity index (χ3v) is 3.68. The first-order valence-electron chi connectivity index (χ1n) is 2.86. The summed E-state index contributed by atoms with van der Waals surface area (Å²) in [5.74, 6) is -0.209. The summed E-state index contributed by atoms with van der Waals surface area (Å²) in [5.41, 5.74) is 0. The van der Waals surface area contributed by atoms with E-state index >= 15 is 0 Å². The van der Waals surface area contributed by atoms with E-state index in [0.717, 1.165) is 7.99 Å². The fourth-order valence-electron chi connectivity index (χ4n) is 0.561. The van der Waals surface area contributed by atoms with Gasteiger partial charge in [0.1, 0.15) is 0 Å². The fourth-order valence-corrected chi connectivity index (χ4v) is 3.79. The number of methoxy groups -OCH3 is 1. The van der Waals surface area contributed by atoms with E-state index in [1.54, 1.807) is 0 Å². The van der Waals surface area contributed by atoms with Crippen LogP contribution in [0.15, 0.2) is 20.7 Å². The molecule has 0 aromatic rings. The molecule has 1 aliphatic rings. The van der Waals surface area contributed by atoms with E-state index in [1.165, 1.54) is 7.11 Å².